The summed E-state index contributed by atoms with van der Waals surface area (Å²) >= 11 is 0. The molecule has 1 aromatic rings. The Hall–Kier alpha value is -1.79. The van der Waals surface area contributed by atoms with Gasteiger partial charge in [-0.25, -0.2) is 0 Å². The highest BCUT2D eigenvalue weighted by Crippen LogP contribution is 2.19. The van der Waals surface area contributed by atoms with E-state index in [0.29, 0.717) is 19.3 Å². The van der Waals surface area contributed by atoms with Gasteiger partial charge >= 0.3 is 0 Å². The molecule has 1 aliphatic heterocycles. The smallest absolute Gasteiger partial charge is 0.221 e. The molecule has 6 heteroatoms. The lowest BCUT2D eigenvalue weighted by Gasteiger charge is -2.41. The van der Waals surface area contributed by atoms with Crippen molar-refractivity contribution >= 4 is 11.6 Å². The molecule has 1 fully saturated rings. The van der Waals surface area contributed by atoms with Gasteiger partial charge in [-0.15, -0.1) is 0 Å². The van der Waals surface area contributed by atoms with Gasteiger partial charge in [0.1, 0.15) is 12.0 Å². The molecule has 2 rings (SSSR count). The summed E-state index contributed by atoms with van der Waals surface area (Å²) < 4.78 is 5.17. The number of benzene rings is 1. The minimum absolute atomic E-state index is 0.0802. The van der Waals surface area contributed by atoms with Crippen molar-refractivity contribution in [2.24, 2.45) is 5.92 Å². The normalized spacial score (nSPS) is 16.0. The fourth-order valence-corrected chi connectivity index (χ4v) is 2.53. The van der Waals surface area contributed by atoms with Crippen LogP contribution in [0.2, 0.25) is 0 Å². The third kappa shape index (κ3) is 4.11. The molecule has 122 valence electrons. The summed E-state index contributed by atoms with van der Waals surface area (Å²) in [5, 5.41) is 6.74. The van der Waals surface area contributed by atoms with Crippen LogP contribution in [0.4, 0.5) is 5.69 Å². The molecule has 0 aliphatic carbocycles. The molecule has 1 amide bonds. The summed E-state index contributed by atoms with van der Waals surface area (Å²) in [6, 6.07) is 7.95. The standard InChI is InChI=1S/C16H26N4O2/c1-12(2)9-20(13(3)21)16-17-10-19(11-18-16)14-5-7-15(22-4)8-6-14/h5-8,12,16-18H,9-11H2,1-4H3. The first-order chi connectivity index (χ1) is 10.5. The van der Waals surface area contributed by atoms with Gasteiger partial charge in [-0.1, -0.05) is 13.8 Å². The third-order valence-corrected chi connectivity index (χ3v) is 3.67. The van der Waals surface area contributed by atoms with Gasteiger partial charge in [-0.05, 0) is 30.2 Å². The Balaban J connectivity index is 1.94. The molecule has 1 heterocycles. The van der Waals surface area contributed by atoms with E-state index in [1.165, 1.54) is 0 Å². The predicted octanol–water partition coefficient (Wildman–Crippen LogP) is 1.40. The maximum atomic E-state index is 11.8. The average Bonchev–Trinajstić information content (AvgIpc) is 2.52. The highest BCUT2D eigenvalue weighted by Gasteiger charge is 2.25. The Morgan fingerprint density at radius 1 is 1.32 bits per heavy atom. The van der Waals surface area contributed by atoms with Gasteiger partial charge in [0.25, 0.3) is 0 Å². The SMILES string of the molecule is COc1ccc(N2CNC(N(CC(C)C)C(C)=O)NC2)cc1. The second-order valence-electron chi connectivity index (χ2n) is 5.93. The second-order valence-corrected chi connectivity index (χ2v) is 5.93. The van der Waals surface area contributed by atoms with Crippen molar-refractivity contribution < 1.29 is 9.53 Å². The van der Waals surface area contributed by atoms with Crippen LogP contribution in [-0.4, -0.2) is 44.1 Å². The molecule has 1 aromatic carbocycles. The Morgan fingerprint density at radius 2 is 1.91 bits per heavy atom. The minimum Gasteiger partial charge on any atom is -0.497 e. The van der Waals surface area contributed by atoms with Crippen LogP contribution in [0.3, 0.4) is 0 Å². The number of hydrogen-bond acceptors (Lipinski definition) is 5. The Bertz CT molecular complexity index is 481. The first kappa shape index (κ1) is 16.6. The number of hydrogen-bond donors (Lipinski definition) is 2. The molecular weight excluding hydrogens is 280 g/mol. The molecule has 1 saturated heterocycles. The summed E-state index contributed by atoms with van der Waals surface area (Å²) in [5.74, 6) is 1.36. The van der Waals surface area contributed by atoms with Gasteiger partial charge in [0, 0.05) is 19.2 Å². The summed E-state index contributed by atoms with van der Waals surface area (Å²) in [6.07, 6.45) is -0.116. The van der Waals surface area contributed by atoms with Crippen LogP contribution in [-0.2, 0) is 4.79 Å². The summed E-state index contributed by atoms with van der Waals surface area (Å²) in [7, 11) is 1.66. The van der Waals surface area contributed by atoms with E-state index in [0.717, 1.165) is 18.0 Å². The fourth-order valence-electron chi connectivity index (χ4n) is 2.53. The number of ether oxygens (including phenoxy) is 1. The van der Waals surface area contributed by atoms with Crippen molar-refractivity contribution in [1.82, 2.24) is 15.5 Å². The van der Waals surface area contributed by atoms with Crippen LogP contribution < -0.4 is 20.3 Å². The average molecular weight is 306 g/mol. The molecule has 2 N–H and O–H groups in total. The van der Waals surface area contributed by atoms with E-state index in [4.69, 9.17) is 4.74 Å². The molecule has 0 unspecified atom stereocenters. The Morgan fingerprint density at radius 3 is 2.36 bits per heavy atom. The molecule has 22 heavy (non-hydrogen) atoms. The van der Waals surface area contributed by atoms with E-state index in [2.05, 4.69) is 29.4 Å². The van der Waals surface area contributed by atoms with Gasteiger partial charge in [0.15, 0.2) is 0 Å². The number of carbonyl (C=O) groups excluding carboxylic acids is 1. The van der Waals surface area contributed by atoms with Gasteiger partial charge in [0.2, 0.25) is 5.91 Å². The predicted molar refractivity (Wildman–Crippen MR) is 87.5 cm³/mol. The number of carbonyl (C=O) groups is 1. The van der Waals surface area contributed by atoms with Gasteiger partial charge < -0.3 is 14.5 Å². The zero-order valence-electron chi connectivity index (χ0n) is 13.8. The lowest BCUT2D eigenvalue weighted by molar-refractivity contribution is -0.133. The van der Waals surface area contributed by atoms with Crippen LogP contribution in [0.15, 0.2) is 24.3 Å². The van der Waals surface area contributed by atoms with Crippen molar-refractivity contribution in [1.29, 1.82) is 0 Å². The number of rotatable bonds is 5. The van der Waals surface area contributed by atoms with Crippen molar-refractivity contribution in [3.05, 3.63) is 24.3 Å². The van der Waals surface area contributed by atoms with Gasteiger partial charge in [-0.3, -0.25) is 15.4 Å². The number of amides is 1. The summed E-state index contributed by atoms with van der Waals surface area (Å²) in [6.45, 7) is 7.95. The number of anilines is 1. The largest absolute Gasteiger partial charge is 0.497 e. The van der Waals surface area contributed by atoms with Crippen molar-refractivity contribution in [3.8, 4) is 5.75 Å². The lowest BCUT2D eigenvalue weighted by atomic mass is 10.2. The maximum absolute atomic E-state index is 11.8. The molecule has 0 bridgehead atoms. The molecule has 0 atom stereocenters. The molecule has 0 radical (unpaired) electrons. The van der Waals surface area contributed by atoms with E-state index in [-0.39, 0.29) is 12.2 Å². The Kier molecular flexibility index (Phi) is 5.63. The monoisotopic (exact) mass is 306 g/mol. The van der Waals surface area contributed by atoms with Crippen molar-refractivity contribution in [3.63, 3.8) is 0 Å². The number of nitrogens with one attached hydrogen (secondary N) is 2. The van der Waals surface area contributed by atoms with Crippen LogP contribution in [0.25, 0.3) is 0 Å². The molecule has 1 aliphatic rings. The van der Waals surface area contributed by atoms with Gasteiger partial charge in [-0.2, -0.15) is 0 Å². The Labute approximate surface area is 132 Å². The third-order valence-electron chi connectivity index (χ3n) is 3.67. The van der Waals surface area contributed by atoms with Crippen molar-refractivity contribution in [2.75, 3.05) is 31.9 Å². The quantitative estimate of drug-likeness (QED) is 0.861. The van der Waals surface area contributed by atoms with Crippen LogP contribution in [0.1, 0.15) is 20.8 Å². The second kappa shape index (κ2) is 7.47. The molecule has 6 nitrogen and oxygen atoms in total. The van der Waals surface area contributed by atoms with E-state index in [1.807, 2.05) is 29.2 Å². The van der Waals surface area contributed by atoms with Crippen molar-refractivity contribution in [2.45, 2.75) is 27.1 Å². The van der Waals surface area contributed by atoms with E-state index >= 15 is 0 Å². The fraction of sp³-hybridized carbons (Fsp3) is 0.562. The first-order valence-corrected chi connectivity index (χ1v) is 7.64. The molecule has 0 saturated carbocycles. The summed E-state index contributed by atoms with van der Waals surface area (Å²) in [5.41, 5.74) is 1.11. The van der Waals surface area contributed by atoms with Crippen LogP contribution in [0, 0.1) is 5.92 Å². The minimum atomic E-state index is -0.116. The molecule has 0 spiro atoms. The van der Waals surface area contributed by atoms with E-state index < -0.39 is 0 Å². The summed E-state index contributed by atoms with van der Waals surface area (Å²) in [4.78, 5) is 15.8. The maximum Gasteiger partial charge on any atom is 0.221 e. The van der Waals surface area contributed by atoms with E-state index in [1.54, 1.807) is 14.0 Å². The highest BCUT2D eigenvalue weighted by atomic mass is 16.5. The zero-order valence-corrected chi connectivity index (χ0v) is 13.8. The van der Waals surface area contributed by atoms with Crippen LogP contribution >= 0.6 is 0 Å². The zero-order chi connectivity index (χ0) is 16.1. The molecular formula is C16H26N4O2. The lowest BCUT2D eigenvalue weighted by Crippen LogP contribution is -2.65. The molecule has 0 aromatic heterocycles. The van der Waals surface area contributed by atoms with Gasteiger partial charge in [0.05, 0.1) is 20.4 Å². The first-order valence-electron chi connectivity index (χ1n) is 7.64. The highest BCUT2D eigenvalue weighted by molar-refractivity contribution is 5.73. The van der Waals surface area contributed by atoms with E-state index in [9.17, 15) is 4.79 Å². The number of nitrogens with zero attached hydrogens (tertiary/aromatic N) is 2. The topological polar surface area (TPSA) is 56.8 Å². The van der Waals surface area contributed by atoms with Crippen LogP contribution in [0.5, 0.6) is 5.75 Å². The number of methoxy groups -OCH3 is 1.